The van der Waals surface area contributed by atoms with Crippen LogP contribution in [0, 0.1) is 0 Å². The average Bonchev–Trinajstić information content (AvgIpc) is 3.32. The second-order valence-corrected chi connectivity index (χ2v) is 11.3. The van der Waals surface area contributed by atoms with E-state index < -0.39 is 0 Å². The maximum absolute atomic E-state index is 6.47. The van der Waals surface area contributed by atoms with Gasteiger partial charge in [-0.1, -0.05) is 115 Å². The Morgan fingerprint density at radius 1 is 0.227 bits per heavy atom. The van der Waals surface area contributed by atoms with Crippen molar-refractivity contribution in [2.24, 2.45) is 0 Å². The first-order chi connectivity index (χ1) is 21.8. The summed E-state index contributed by atoms with van der Waals surface area (Å²) in [7, 11) is 0. The topological polar surface area (TPSA) is 18.5 Å². The summed E-state index contributed by atoms with van der Waals surface area (Å²) >= 11 is 0. The highest BCUT2D eigenvalue weighted by molar-refractivity contribution is 5.94. The molecule has 0 saturated heterocycles. The van der Waals surface area contributed by atoms with Gasteiger partial charge in [-0.3, -0.25) is 0 Å². The molecule has 0 aromatic heterocycles. The van der Waals surface area contributed by atoms with E-state index >= 15 is 0 Å². The van der Waals surface area contributed by atoms with Crippen LogP contribution in [0.25, 0.3) is 66.8 Å². The third-order valence-electron chi connectivity index (χ3n) is 8.72. The van der Waals surface area contributed by atoms with Crippen molar-refractivity contribution in [3.63, 3.8) is 0 Å². The van der Waals surface area contributed by atoms with Gasteiger partial charge in [0.15, 0.2) is 0 Å². The molecule has 44 heavy (non-hydrogen) atoms. The Bertz CT molecular complexity index is 2090. The number of para-hydroxylation sites is 2. The summed E-state index contributed by atoms with van der Waals surface area (Å²) in [6.45, 7) is 0. The van der Waals surface area contributed by atoms with Gasteiger partial charge in [-0.15, -0.1) is 0 Å². The Labute approximate surface area is 256 Å². The molecule has 0 bridgehead atoms. The second-order valence-electron chi connectivity index (χ2n) is 11.3. The molecule has 7 aromatic carbocycles. The molecule has 2 aliphatic heterocycles. The largest absolute Gasteiger partial charge is 0.456 e. The summed E-state index contributed by atoms with van der Waals surface area (Å²) in [6.07, 6.45) is 0. The van der Waals surface area contributed by atoms with Gasteiger partial charge in [-0.25, -0.2) is 0 Å². The van der Waals surface area contributed by atoms with E-state index in [4.69, 9.17) is 9.47 Å². The highest BCUT2D eigenvalue weighted by Crippen LogP contribution is 2.49. The van der Waals surface area contributed by atoms with Crippen LogP contribution in [0.4, 0.5) is 0 Å². The van der Waals surface area contributed by atoms with Crippen LogP contribution < -0.4 is 9.47 Å². The smallest absolute Gasteiger partial charge is 0.135 e. The van der Waals surface area contributed by atoms with E-state index in [1.807, 2.05) is 24.3 Å². The molecule has 0 spiro atoms. The summed E-state index contributed by atoms with van der Waals surface area (Å²) in [5.74, 6) is 3.50. The van der Waals surface area contributed by atoms with Gasteiger partial charge in [0.2, 0.25) is 0 Å². The summed E-state index contributed by atoms with van der Waals surface area (Å²) in [5, 5.41) is 0. The van der Waals surface area contributed by atoms with E-state index in [0.717, 1.165) is 67.5 Å². The lowest BCUT2D eigenvalue weighted by Gasteiger charge is -2.14. The minimum absolute atomic E-state index is 0.868. The molecule has 0 atom stereocenters. The van der Waals surface area contributed by atoms with E-state index in [9.17, 15) is 0 Å². The molecule has 0 radical (unpaired) electrons. The molecule has 0 unspecified atom stereocenters. The van der Waals surface area contributed by atoms with Crippen LogP contribution in [0.1, 0.15) is 0 Å². The van der Waals surface area contributed by atoms with Crippen molar-refractivity contribution in [3.05, 3.63) is 158 Å². The lowest BCUT2D eigenvalue weighted by Crippen LogP contribution is -1.89. The van der Waals surface area contributed by atoms with Gasteiger partial charge < -0.3 is 9.47 Å². The highest BCUT2D eigenvalue weighted by atomic mass is 16.5. The van der Waals surface area contributed by atoms with Gasteiger partial charge >= 0.3 is 0 Å². The van der Waals surface area contributed by atoms with E-state index in [-0.39, 0.29) is 0 Å². The number of hydrogen-bond acceptors (Lipinski definition) is 2. The van der Waals surface area contributed by atoms with Crippen molar-refractivity contribution in [1.82, 2.24) is 0 Å². The minimum atomic E-state index is 0.868. The molecule has 7 aromatic rings. The first-order valence-corrected chi connectivity index (χ1v) is 14.9. The quantitative estimate of drug-likeness (QED) is 0.209. The van der Waals surface area contributed by atoms with Crippen molar-refractivity contribution in [2.75, 3.05) is 0 Å². The van der Waals surface area contributed by atoms with Crippen molar-refractivity contribution in [3.8, 4) is 89.8 Å². The molecule has 206 valence electrons. The van der Waals surface area contributed by atoms with Gasteiger partial charge in [-0.2, -0.15) is 0 Å². The van der Waals surface area contributed by atoms with Gasteiger partial charge in [0, 0.05) is 22.3 Å². The van der Waals surface area contributed by atoms with E-state index in [1.165, 1.54) is 22.3 Å². The fraction of sp³-hybridized carbons (Fsp3) is 0. The Morgan fingerprint density at radius 3 is 1.02 bits per heavy atom. The maximum Gasteiger partial charge on any atom is 0.135 e. The van der Waals surface area contributed by atoms with Crippen LogP contribution in [0.5, 0.6) is 23.0 Å². The van der Waals surface area contributed by atoms with Crippen molar-refractivity contribution >= 4 is 0 Å². The lowest BCUT2D eigenvalue weighted by molar-refractivity contribution is 0.487. The fourth-order valence-electron chi connectivity index (χ4n) is 6.60. The Balaban J connectivity index is 1.14. The maximum atomic E-state index is 6.47. The summed E-state index contributed by atoms with van der Waals surface area (Å²) in [4.78, 5) is 0. The number of benzene rings is 7. The number of ether oxygens (including phenoxy) is 2. The molecule has 2 heteroatoms. The zero-order valence-electron chi connectivity index (χ0n) is 23.8. The normalized spacial score (nSPS) is 12.0. The van der Waals surface area contributed by atoms with Crippen LogP contribution in [0.15, 0.2) is 158 Å². The summed E-state index contributed by atoms with van der Waals surface area (Å²) in [6, 6.07) is 55.5. The molecule has 2 aliphatic rings. The summed E-state index contributed by atoms with van der Waals surface area (Å²) < 4.78 is 12.9. The zero-order valence-corrected chi connectivity index (χ0v) is 23.8. The van der Waals surface area contributed by atoms with Gasteiger partial charge in [-0.05, 0) is 87.0 Å². The molecule has 9 rings (SSSR count). The molecule has 2 nitrogen and oxygen atoms in total. The highest BCUT2D eigenvalue weighted by Gasteiger charge is 2.22. The Hall–Kier alpha value is -5.86. The lowest BCUT2D eigenvalue weighted by atomic mass is 9.91. The van der Waals surface area contributed by atoms with E-state index in [1.54, 1.807) is 0 Å². The van der Waals surface area contributed by atoms with Gasteiger partial charge in [0.05, 0.1) is 0 Å². The Kier molecular flexibility index (Phi) is 5.54. The molecule has 0 saturated carbocycles. The molecular weight excluding hydrogens is 536 g/mol. The fourth-order valence-corrected chi connectivity index (χ4v) is 6.60. The van der Waals surface area contributed by atoms with Crippen LogP contribution >= 0.6 is 0 Å². The third-order valence-corrected chi connectivity index (χ3v) is 8.72. The number of hydrogen-bond donors (Lipinski definition) is 0. The number of rotatable bonds is 2. The molecule has 0 amide bonds. The SMILES string of the molecule is c1cc(-c2ccc3c(c2)-c2ccccc2-c2ccccc2O3)cc(-c2ccc3c(c2)-c2ccccc2-c2ccccc2O3)c1. The molecule has 0 aliphatic carbocycles. The standard InChI is InChI=1S/C42H26O2/c1-3-14-33-31(12-1)35-16-5-7-18-39(35)43-41-22-20-29(25-37(33)41)27-10-9-11-28(24-27)30-21-23-42-38(26-30)34-15-4-2-13-32(34)36-17-6-8-19-40(36)44-42/h1-26H. The predicted molar refractivity (Wildman–Crippen MR) is 179 cm³/mol. The van der Waals surface area contributed by atoms with Crippen molar-refractivity contribution in [2.45, 2.75) is 0 Å². The van der Waals surface area contributed by atoms with Crippen molar-refractivity contribution < 1.29 is 9.47 Å². The van der Waals surface area contributed by atoms with Crippen molar-refractivity contribution in [1.29, 1.82) is 0 Å². The third kappa shape index (κ3) is 3.96. The molecule has 0 N–H and O–H groups in total. The molecular formula is C42H26O2. The average molecular weight is 563 g/mol. The number of fused-ring (bicyclic) bond motifs is 10. The van der Waals surface area contributed by atoms with Crippen LogP contribution in [-0.4, -0.2) is 0 Å². The van der Waals surface area contributed by atoms with Gasteiger partial charge in [0.1, 0.15) is 23.0 Å². The zero-order chi connectivity index (χ0) is 29.0. The summed E-state index contributed by atoms with van der Waals surface area (Å²) in [5.41, 5.74) is 13.7. The minimum Gasteiger partial charge on any atom is -0.456 e. The molecule has 2 heterocycles. The van der Waals surface area contributed by atoms with E-state index in [2.05, 4.69) is 133 Å². The predicted octanol–water partition coefficient (Wildman–Crippen LogP) is 11.9. The van der Waals surface area contributed by atoms with Crippen LogP contribution in [0.3, 0.4) is 0 Å². The van der Waals surface area contributed by atoms with Crippen LogP contribution in [-0.2, 0) is 0 Å². The second kappa shape index (κ2) is 9.86. The Morgan fingerprint density at radius 2 is 0.568 bits per heavy atom. The van der Waals surface area contributed by atoms with Crippen LogP contribution in [0.2, 0.25) is 0 Å². The first kappa shape index (κ1) is 24.7. The van der Waals surface area contributed by atoms with E-state index in [0.29, 0.717) is 0 Å². The molecule has 0 fully saturated rings. The first-order valence-electron chi connectivity index (χ1n) is 14.9. The monoisotopic (exact) mass is 562 g/mol. The van der Waals surface area contributed by atoms with Gasteiger partial charge in [0.25, 0.3) is 0 Å².